The minimum atomic E-state index is -0.211. The number of esters is 1. The van der Waals surface area contributed by atoms with E-state index in [4.69, 9.17) is 4.74 Å². The second-order valence-corrected chi connectivity index (χ2v) is 5.29. The van der Waals surface area contributed by atoms with Crippen LogP contribution in [-0.4, -0.2) is 19.6 Å². The van der Waals surface area contributed by atoms with Gasteiger partial charge in [0.15, 0.2) is 0 Å². The third-order valence-corrected chi connectivity index (χ3v) is 4.08. The summed E-state index contributed by atoms with van der Waals surface area (Å²) in [4.78, 5) is 11.7. The quantitative estimate of drug-likeness (QED) is 0.854. The lowest BCUT2D eigenvalue weighted by Crippen LogP contribution is -2.23. The highest BCUT2D eigenvalue weighted by Crippen LogP contribution is 2.37. The number of hydrogen-bond donors (Lipinski definition) is 1. The maximum atomic E-state index is 13.8. The van der Waals surface area contributed by atoms with E-state index >= 15 is 0 Å². The molecule has 3 nitrogen and oxygen atoms in total. The van der Waals surface area contributed by atoms with E-state index in [0.29, 0.717) is 18.2 Å². The fourth-order valence-corrected chi connectivity index (χ4v) is 2.91. The molecule has 0 aromatic heterocycles. The van der Waals surface area contributed by atoms with Gasteiger partial charge in [0.25, 0.3) is 0 Å². The minimum absolute atomic E-state index is 0.0210. The summed E-state index contributed by atoms with van der Waals surface area (Å²) in [6, 6.07) is 5.37. The molecule has 1 saturated carbocycles. The summed E-state index contributed by atoms with van der Waals surface area (Å²) in [5.74, 6) is 0.0777. The maximum absolute atomic E-state index is 13.8. The van der Waals surface area contributed by atoms with E-state index in [1.807, 2.05) is 13.0 Å². The summed E-state index contributed by atoms with van der Waals surface area (Å²) in [6.45, 7) is 2.27. The van der Waals surface area contributed by atoms with Crippen molar-refractivity contribution in [3.63, 3.8) is 0 Å². The van der Waals surface area contributed by atoms with E-state index in [-0.39, 0.29) is 17.7 Å². The van der Waals surface area contributed by atoms with E-state index in [0.717, 1.165) is 31.2 Å². The van der Waals surface area contributed by atoms with Crippen LogP contribution in [0.3, 0.4) is 0 Å². The normalized spacial score (nSPS) is 22.4. The molecule has 1 aliphatic carbocycles. The largest absolute Gasteiger partial charge is 0.466 e. The molecule has 1 fully saturated rings. The molecule has 2 rings (SSSR count). The molecule has 0 unspecified atom stereocenters. The number of carbonyl (C=O) groups is 1. The van der Waals surface area contributed by atoms with Crippen molar-refractivity contribution in [1.82, 2.24) is 0 Å². The Bertz CT molecular complexity index is 468. The van der Waals surface area contributed by atoms with E-state index in [2.05, 4.69) is 5.32 Å². The Morgan fingerprint density at radius 1 is 1.35 bits per heavy atom. The van der Waals surface area contributed by atoms with Crippen LogP contribution in [0, 0.1) is 11.7 Å². The summed E-state index contributed by atoms with van der Waals surface area (Å²) in [5, 5.41) is 2.83. The molecule has 1 aromatic rings. The first-order chi connectivity index (χ1) is 9.65. The maximum Gasteiger partial charge on any atom is 0.308 e. The average Bonchev–Trinajstić information content (AvgIpc) is 2.47. The highest BCUT2D eigenvalue weighted by molar-refractivity contribution is 5.72. The predicted octanol–water partition coefficient (Wildman–Crippen LogP) is 3.70. The highest BCUT2D eigenvalue weighted by Gasteiger charge is 2.28. The molecule has 1 aliphatic rings. The van der Waals surface area contributed by atoms with Gasteiger partial charge in [0.2, 0.25) is 0 Å². The molecule has 1 N–H and O–H groups in total. The molecule has 0 atom stereocenters. The molecule has 0 amide bonds. The number of anilines is 1. The van der Waals surface area contributed by atoms with Gasteiger partial charge in [-0.15, -0.1) is 0 Å². The molecule has 0 bridgehead atoms. The summed E-state index contributed by atoms with van der Waals surface area (Å²) in [7, 11) is 1.71. The number of nitrogens with one attached hydrogen (secondary N) is 1. The number of carbonyl (C=O) groups excluding carboxylic acids is 1. The molecule has 0 spiro atoms. The topological polar surface area (TPSA) is 38.3 Å². The van der Waals surface area contributed by atoms with Crippen molar-refractivity contribution in [2.75, 3.05) is 19.0 Å². The predicted molar refractivity (Wildman–Crippen MR) is 77.3 cm³/mol. The monoisotopic (exact) mass is 279 g/mol. The second kappa shape index (κ2) is 6.73. The second-order valence-electron chi connectivity index (χ2n) is 5.29. The van der Waals surface area contributed by atoms with Gasteiger partial charge in [-0.05, 0) is 56.2 Å². The van der Waals surface area contributed by atoms with Gasteiger partial charge in [-0.1, -0.05) is 6.07 Å². The lowest BCUT2D eigenvalue weighted by molar-refractivity contribution is -0.149. The van der Waals surface area contributed by atoms with Gasteiger partial charge in [-0.3, -0.25) is 4.79 Å². The van der Waals surface area contributed by atoms with Crippen molar-refractivity contribution in [3.05, 3.63) is 29.6 Å². The first-order valence-corrected chi connectivity index (χ1v) is 7.29. The number of hydrogen-bond acceptors (Lipinski definition) is 3. The fourth-order valence-electron chi connectivity index (χ4n) is 2.91. The van der Waals surface area contributed by atoms with Crippen LogP contribution < -0.4 is 5.32 Å². The van der Waals surface area contributed by atoms with Crippen LogP contribution in [0.4, 0.5) is 10.1 Å². The molecule has 0 aliphatic heterocycles. The Labute approximate surface area is 119 Å². The van der Waals surface area contributed by atoms with Gasteiger partial charge < -0.3 is 10.1 Å². The summed E-state index contributed by atoms with van der Waals surface area (Å²) >= 11 is 0. The number of rotatable bonds is 4. The standard InChI is InChI=1S/C16H22FNO2/c1-3-20-16(19)12-6-4-11(5-7-12)13-8-9-15(18-2)14(17)10-13/h8-12,18H,3-7H2,1-2H3/t11-,12-. The highest BCUT2D eigenvalue weighted by atomic mass is 19.1. The Morgan fingerprint density at radius 3 is 2.60 bits per heavy atom. The first-order valence-electron chi connectivity index (χ1n) is 7.29. The van der Waals surface area contributed by atoms with E-state index < -0.39 is 0 Å². The van der Waals surface area contributed by atoms with Crippen molar-refractivity contribution < 1.29 is 13.9 Å². The molecular weight excluding hydrogens is 257 g/mol. The van der Waals surface area contributed by atoms with Crippen molar-refractivity contribution in [2.24, 2.45) is 5.92 Å². The zero-order valence-corrected chi connectivity index (χ0v) is 12.1. The Kier molecular flexibility index (Phi) is 4.99. The molecule has 0 saturated heterocycles. The third-order valence-electron chi connectivity index (χ3n) is 4.08. The Morgan fingerprint density at radius 2 is 2.05 bits per heavy atom. The molecule has 4 heteroatoms. The van der Waals surface area contributed by atoms with Gasteiger partial charge in [0.05, 0.1) is 18.2 Å². The SMILES string of the molecule is CCOC(=O)[C@H]1CC[C@H](c2ccc(NC)c(F)c2)CC1. The number of halogens is 1. The molecule has 110 valence electrons. The van der Waals surface area contributed by atoms with Crippen LogP contribution in [0.25, 0.3) is 0 Å². The molecule has 0 heterocycles. The lowest BCUT2D eigenvalue weighted by atomic mass is 9.78. The van der Waals surface area contributed by atoms with Crippen molar-refractivity contribution in [1.29, 1.82) is 0 Å². The molecule has 20 heavy (non-hydrogen) atoms. The van der Waals surface area contributed by atoms with Crippen LogP contribution in [0.5, 0.6) is 0 Å². The van der Waals surface area contributed by atoms with E-state index in [9.17, 15) is 9.18 Å². The third kappa shape index (κ3) is 3.30. The van der Waals surface area contributed by atoms with Crippen LogP contribution >= 0.6 is 0 Å². The van der Waals surface area contributed by atoms with Crippen LogP contribution in [0.2, 0.25) is 0 Å². The van der Waals surface area contributed by atoms with E-state index in [1.165, 1.54) is 0 Å². The average molecular weight is 279 g/mol. The Hall–Kier alpha value is -1.58. The van der Waals surface area contributed by atoms with E-state index in [1.54, 1.807) is 19.2 Å². The fraction of sp³-hybridized carbons (Fsp3) is 0.562. The zero-order chi connectivity index (χ0) is 14.5. The first kappa shape index (κ1) is 14.8. The smallest absolute Gasteiger partial charge is 0.308 e. The minimum Gasteiger partial charge on any atom is -0.466 e. The van der Waals surface area contributed by atoms with Gasteiger partial charge >= 0.3 is 5.97 Å². The summed E-state index contributed by atoms with van der Waals surface area (Å²) in [5.41, 5.74) is 1.55. The van der Waals surface area contributed by atoms with Gasteiger partial charge in [-0.25, -0.2) is 4.39 Å². The van der Waals surface area contributed by atoms with Gasteiger partial charge in [0.1, 0.15) is 5.82 Å². The van der Waals surface area contributed by atoms with Crippen molar-refractivity contribution >= 4 is 11.7 Å². The van der Waals surface area contributed by atoms with Crippen LogP contribution in [0.15, 0.2) is 18.2 Å². The zero-order valence-electron chi connectivity index (χ0n) is 12.1. The lowest BCUT2D eigenvalue weighted by Gasteiger charge is -2.27. The van der Waals surface area contributed by atoms with Crippen molar-refractivity contribution in [2.45, 2.75) is 38.5 Å². The van der Waals surface area contributed by atoms with Gasteiger partial charge in [-0.2, -0.15) is 0 Å². The Balaban J connectivity index is 1.97. The molecule has 0 radical (unpaired) electrons. The van der Waals surface area contributed by atoms with Crippen LogP contribution in [-0.2, 0) is 9.53 Å². The molecular formula is C16H22FNO2. The summed E-state index contributed by atoms with van der Waals surface area (Å²) in [6.07, 6.45) is 3.50. The molecule has 1 aromatic carbocycles. The number of benzene rings is 1. The number of ether oxygens (including phenoxy) is 1. The van der Waals surface area contributed by atoms with Crippen LogP contribution in [0.1, 0.15) is 44.1 Å². The van der Waals surface area contributed by atoms with Crippen molar-refractivity contribution in [3.8, 4) is 0 Å². The summed E-state index contributed by atoms with van der Waals surface area (Å²) < 4.78 is 18.8. The van der Waals surface area contributed by atoms with Gasteiger partial charge in [0, 0.05) is 7.05 Å².